The van der Waals surface area contributed by atoms with E-state index in [0.717, 1.165) is 28.6 Å². The molecule has 2 aliphatic rings. The van der Waals surface area contributed by atoms with Crippen LogP contribution in [0.15, 0.2) is 47.5 Å². The fraction of sp³-hybridized carbons (Fsp3) is 0.429. The molecule has 1 amide bonds. The number of ether oxygens (including phenoxy) is 1. The SMILES string of the molecule is O=C1[C@@H](Oc2ccc(C(F)(F)F)cn2)C[C@@H]2CN(S(=O)(=O)c3ccc(C(F)(F)F)cc3)CCCN12. The lowest BCUT2D eigenvalue weighted by molar-refractivity contribution is -0.138. The molecule has 0 saturated carbocycles. The van der Waals surface area contributed by atoms with E-state index in [1.807, 2.05) is 0 Å². The minimum absolute atomic E-state index is 0.0651. The van der Waals surface area contributed by atoms with Gasteiger partial charge in [0.25, 0.3) is 5.91 Å². The summed E-state index contributed by atoms with van der Waals surface area (Å²) in [6.45, 7) is 0.188. The maximum Gasteiger partial charge on any atom is 0.417 e. The van der Waals surface area contributed by atoms with Gasteiger partial charge in [-0.15, -0.1) is 0 Å². The van der Waals surface area contributed by atoms with E-state index in [4.69, 9.17) is 4.74 Å². The Bertz CT molecular complexity index is 1180. The van der Waals surface area contributed by atoms with Crippen molar-refractivity contribution in [2.24, 2.45) is 0 Å². The first-order valence-corrected chi connectivity index (χ1v) is 11.9. The lowest BCUT2D eigenvalue weighted by atomic mass is 10.2. The van der Waals surface area contributed by atoms with E-state index < -0.39 is 51.6 Å². The van der Waals surface area contributed by atoms with Crippen molar-refractivity contribution in [3.63, 3.8) is 0 Å². The van der Waals surface area contributed by atoms with Gasteiger partial charge in [0.1, 0.15) is 0 Å². The predicted molar refractivity (Wildman–Crippen MR) is 109 cm³/mol. The van der Waals surface area contributed by atoms with Crippen LogP contribution in [0, 0.1) is 0 Å². The molecular weight excluding hydrogens is 504 g/mol. The maximum absolute atomic E-state index is 13.1. The molecule has 2 aromatic rings. The highest BCUT2D eigenvalue weighted by molar-refractivity contribution is 7.89. The van der Waals surface area contributed by atoms with Gasteiger partial charge in [-0.3, -0.25) is 4.79 Å². The van der Waals surface area contributed by atoms with E-state index >= 15 is 0 Å². The molecule has 2 aliphatic heterocycles. The van der Waals surface area contributed by atoms with Crippen LogP contribution < -0.4 is 4.74 Å². The van der Waals surface area contributed by atoms with Gasteiger partial charge in [-0.25, -0.2) is 13.4 Å². The highest BCUT2D eigenvalue weighted by atomic mass is 32.2. The molecule has 14 heteroatoms. The molecule has 1 aromatic heterocycles. The summed E-state index contributed by atoms with van der Waals surface area (Å²) < 4.78 is 109. The molecule has 2 fully saturated rings. The summed E-state index contributed by atoms with van der Waals surface area (Å²) in [6.07, 6.45) is -9.29. The van der Waals surface area contributed by atoms with Crippen molar-refractivity contribution in [1.29, 1.82) is 0 Å². The lowest BCUT2D eigenvalue weighted by Crippen LogP contribution is -2.40. The van der Waals surface area contributed by atoms with Crippen molar-refractivity contribution >= 4 is 15.9 Å². The zero-order valence-corrected chi connectivity index (χ0v) is 18.7. The summed E-state index contributed by atoms with van der Waals surface area (Å²) in [6, 6.07) is 4.37. The van der Waals surface area contributed by atoms with E-state index in [0.29, 0.717) is 18.3 Å². The first-order chi connectivity index (χ1) is 16.3. The standard InChI is InChI=1S/C21H19F6N3O4S/c22-20(23,24)13-2-5-16(6-3-13)35(32,33)29-8-1-9-30-15(12-29)10-17(19(30)31)34-18-7-4-14(11-28-18)21(25,26)27/h2-7,11,15,17H,1,8-10,12H2/t15-,17+/m1/s1. The van der Waals surface area contributed by atoms with Crippen LogP contribution in [0.5, 0.6) is 5.88 Å². The van der Waals surface area contributed by atoms with Crippen LogP contribution in [-0.4, -0.2) is 60.3 Å². The Morgan fingerprint density at radius 1 is 0.914 bits per heavy atom. The first-order valence-electron chi connectivity index (χ1n) is 10.4. The Morgan fingerprint density at radius 3 is 2.11 bits per heavy atom. The number of rotatable bonds is 4. The molecule has 0 N–H and O–H groups in total. The summed E-state index contributed by atoms with van der Waals surface area (Å²) in [5.74, 6) is -0.617. The van der Waals surface area contributed by atoms with Gasteiger partial charge in [0.05, 0.1) is 16.0 Å². The van der Waals surface area contributed by atoms with Gasteiger partial charge in [-0.2, -0.15) is 30.6 Å². The average molecular weight is 523 g/mol. The van der Waals surface area contributed by atoms with Crippen LogP contribution in [0.3, 0.4) is 0 Å². The molecule has 3 heterocycles. The monoisotopic (exact) mass is 523 g/mol. The smallest absolute Gasteiger partial charge is 0.417 e. The Morgan fingerprint density at radius 2 is 1.54 bits per heavy atom. The molecule has 35 heavy (non-hydrogen) atoms. The molecule has 0 aliphatic carbocycles. The van der Waals surface area contributed by atoms with Crippen LogP contribution in [0.2, 0.25) is 0 Å². The van der Waals surface area contributed by atoms with E-state index in [1.54, 1.807) is 0 Å². The second kappa shape index (κ2) is 8.97. The number of nitrogens with zero attached hydrogens (tertiary/aromatic N) is 3. The third kappa shape index (κ3) is 5.22. The average Bonchev–Trinajstić information content (AvgIpc) is 2.94. The zero-order chi connectivity index (χ0) is 25.6. The number of fused-ring (bicyclic) bond motifs is 1. The van der Waals surface area contributed by atoms with Gasteiger partial charge in [-0.1, -0.05) is 0 Å². The van der Waals surface area contributed by atoms with Crippen molar-refractivity contribution in [3.05, 3.63) is 53.7 Å². The van der Waals surface area contributed by atoms with E-state index in [1.165, 1.54) is 4.90 Å². The Kier molecular flexibility index (Phi) is 6.47. The number of halogens is 6. The van der Waals surface area contributed by atoms with Crippen molar-refractivity contribution in [1.82, 2.24) is 14.2 Å². The highest BCUT2D eigenvalue weighted by Crippen LogP contribution is 2.33. The second-order valence-electron chi connectivity index (χ2n) is 8.15. The van der Waals surface area contributed by atoms with Crippen LogP contribution in [0.1, 0.15) is 24.0 Å². The summed E-state index contributed by atoms with van der Waals surface area (Å²) in [4.78, 5) is 17.6. The van der Waals surface area contributed by atoms with Crippen molar-refractivity contribution in [2.75, 3.05) is 19.6 Å². The Hall–Kier alpha value is -2.87. The van der Waals surface area contributed by atoms with Gasteiger partial charge in [0, 0.05) is 44.4 Å². The van der Waals surface area contributed by atoms with E-state index in [2.05, 4.69) is 4.98 Å². The summed E-state index contributed by atoms with van der Waals surface area (Å²) in [7, 11) is -4.13. The fourth-order valence-electron chi connectivity index (χ4n) is 4.09. The number of carbonyl (C=O) groups is 1. The molecule has 190 valence electrons. The largest absolute Gasteiger partial charge is 0.464 e. The van der Waals surface area contributed by atoms with E-state index in [9.17, 15) is 39.6 Å². The minimum atomic E-state index is -4.60. The molecule has 2 atom stereocenters. The first kappa shape index (κ1) is 25.2. The third-order valence-corrected chi connectivity index (χ3v) is 7.73. The fourth-order valence-corrected chi connectivity index (χ4v) is 5.61. The number of hydrogen-bond donors (Lipinski definition) is 0. The van der Waals surface area contributed by atoms with Gasteiger partial charge in [0.2, 0.25) is 15.9 Å². The normalized spacial score (nSPS) is 22.1. The van der Waals surface area contributed by atoms with Gasteiger partial charge in [0.15, 0.2) is 6.10 Å². The molecule has 7 nitrogen and oxygen atoms in total. The molecule has 0 radical (unpaired) electrons. The number of alkyl halides is 6. The molecule has 0 unspecified atom stereocenters. The molecule has 0 spiro atoms. The second-order valence-corrected chi connectivity index (χ2v) is 10.1. The van der Waals surface area contributed by atoms with E-state index in [-0.39, 0.29) is 43.3 Å². The lowest BCUT2D eigenvalue weighted by Gasteiger charge is -2.25. The Labute approximate surface area is 196 Å². The molecule has 0 bridgehead atoms. The summed E-state index contributed by atoms with van der Waals surface area (Å²) in [5, 5.41) is 0. The van der Waals surface area contributed by atoms with Gasteiger partial charge >= 0.3 is 12.4 Å². The number of aromatic nitrogens is 1. The summed E-state index contributed by atoms with van der Waals surface area (Å²) in [5.41, 5.74) is -1.95. The van der Waals surface area contributed by atoms with Crippen LogP contribution >= 0.6 is 0 Å². The minimum Gasteiger partial charge on any atom is -0.464 e. The van der Waals surface area contributed by atoms with Crippen molar-refractivity contribution < 1.29 is 44.3 Å². The highest BCUT2D eigenvalue weighted by Gasteiger charge is 2.45. The number of amides is 1. The number of carbonyl (C=O) groups excluding carboxylic acids is 1. The van der Waals surface area contributed by atoms with Crippen molar-refractivity contribution in [2.45, 2.75) is 42.2 Å². The van der Waals surface area contributed by atoms with Gasteiger partial charge < -0.3 is 9.64 Å². The summed E-state index contributed by atoms with van der Waals surface area (Å²) >= 11 is 0. The van der Waals surface area contributed by atoms with Crippen LogP contribution in [0.25, 0.3) is 0 Å². The quantitative estimate of drug-likeness (QED) is 0.573. The maximum atomic E-state index is 13.1. The number of hydrogen-bond acceptors (Lipinski definition) is 5. The predicted octanol–water partition coefficient (Wildman–Crippen LogP) is 3.56. The Balaban J connectivity index is 1.47. The number of benzene rings is 1. The molecule has 4 rings (SSSR count). The zero-order valence-electron chi connectivity index (χ0n) is 17.9. The molecular formula is C21H19F6N3O4S. The van der Waals surface area contributed by atoms with Crippen LogP contribution in [0.4, 0.5) is 26.3 Å². The van der Waals surface area contributed by atoms with Crippen LogP contribution in [-0.2, 0) is 27.2 Å². The molecule has 1 aromatic carbocycles. The molecule has 2 saturated heterocycles. The topological polar surface area (TPSA) is 79.8 Å². The number of pyridine rings is 1. The van der Waals surface area contributed by atoms with Gasteiger partial charge in [-0.05, 0) is 36.8 Å². The number of sulfonamides is 1. The third-order valence-electron chi connectivity index (χ3n) is 5.85. The van der Waals surface area contributed by atoms with Crippen molar-refractivity contribution in [3.8, 4) is 5.88 Å².